The van der Waals surface area contributed by atoms with E-state index in [0.717, 1.165) is 5.56 Å². The molecule has 3 heteroatoms. The Morgan fingerprint density at radius 1 is 1.06 bits per heavy atom. The van der Waals surface area contributed by atoms with Crippen LogP contribution in [0.3, 0.4) is 0 Å². The van der Waals surface area contributed by atoms with Crippen LogP contribution in [0.25, 0.3) is 0 Å². The number of benzene rings is 2. The highest BCUT2D eigenvalue weighted by Gasteiger charge is 2.07. The van der Waals surface area contributed by atoms with E-state index in [1.807, 2.05) is 12.1 Å². The number of ether oxygens (including phenoxy) is 1. The first-order chi connectivity index (χ1) is 8.56. The van der Waals surface area contributed by atoms with Crippen molar-refractivity contribution < 1.29 is 9.13 Å². The molecule has 0 radical (unpaired) electrons. The molecule has 0 atom stereocenters. The smallest absolute Gasteiger partial charge is 0.130 e. The van der Waals surface area contributed by atoms with Gasteiger partial charge in [0.05, 0.1) is 0 Å². The van der Waals surface area contributed by atoms with Gasteiger partial charge in [-0.25, -0.2) is 4.39 Å². The molecular weight excluding hydrogens is 251 g/mol. The van der Waals surface area contributed by atoms with E-state index in [0.29, 0.717) is 22.4 Å². The van der Waals surface area contributed by atoms with E-state index in [4.69, 9.17) is 16.3 Å². The highest BCUT2D eigenvalue weighted by molar-refractivity contribution is 6.31. The van der Waals surface area contributed by atoms with Crippen molar-refractivity contribution in [2.24, 2.45) is 0 Å². The van der Waals surface area contributed by atoms with Gasteiger partial charge in [0.25, 0.3) is 0 Å². The zero-order valence-electron chi connectivity index (χ0n) is 10.3. The van der Waals surface area contributed by atoms with Crippen LogP contribution in [-0.2, 0) is 0 Å². The Hall–Kier alpha value is -1.54. The molecule has 18 heavy (non-hydrogen) atoms. The molecule has 0 heterocycles. The van der Waals surface area contributed by atoms with Gasteiger partial charge < -0.3 is 4.74 Å². The molecule has 0 bridgehead atoms. The maximum absolute atomic E-state index is 13.0. The van der Waals surface area contributed by atoms with Crippen LogP contribution >= 0.6 is 11.6 Å². The third-order valence-electron chi connectivity index (χ3n) is 2.63. The normalized spacial score (nSPS) is 10.7. The fourth-order valence-electron chi connectivity index (χ4n) is 1.71. The Kier molecular flexibility index (Phi) is 3.87. The molecule has 0 saturated carbocycles. The number of rotatable bonds is 3. The largest absolute Gasteiger partial charge is 0.457 e. The van der Waals surface area contributed by atoms with Crippen molar-refractivity contribution >= 4 is 11.6 Å². The Morgan fingerprint density at radius 3 is 2.39 bits per heavy atom. The van der Waals surface area contributed by atoms with Gasteiger partial charge in [-0.15, -0.1) is 0 Å². The third kappa shape index (κ3) is 3.02. The molecular formula is C15H14ClFO. The summed E-state index contributed by atoms with van der Waals surface area (Å²) in [7, 11) is 0. The van der Waals surface area contributed by atoms with E-state index in [9.17, 15) is 4.39 Å². The first-order valence-corrected chi connectivity index (χ1v) is 6.17. The first kappa shape index (κ1) is 12.9. The van der Waals surface area contributed by atoms with Crippen LogP contribution in [0.15, 0.2) is 42.5 Å². The minimum atomic E-state index is -0.322. The number of hydrogen-bond acceptors (Lipinski definition) is 1. The minimum absolute atomic E-state index is 0.322. The van der Waals surface area contributed by atoms with Crippen molar-refractivity contribution in [2.75, 3.05) is 0 Å². The van der Waals surface area contributed by atoms with Gasteiger partial charge in [0.1, 0.15) is 17.3 Å². The van der Waals surface area contributed by atoms with Gasteiger partial charge in [-0.2, -0.15) is 0 Å². The molecule has 0 N–H and O–H groups in total. The Labute approximate surface area is 111 Å². The Morgan fingerprint density at radius 2 is 1.78 bits per heavy atom. The van der Waals surface area contributed by atoms with Crippen LogP contribution in [-0.4, -0.2) is 0 Å². The maximum atomic E-state index is 13.0. The van der Waals surface area contributed by atoms with Gasteiger partial charge in [0.15, 0.2) is 0 Å². The second-order valence-electron chi connectivity index (χ2n) is 4.40. The summed E-state index contributed by atoms with van der Waals surface area (Å²) in [6.45, 7) is 4.16. The predicted octanol–water partition coefficient (Wildman–Crippen LogP) is 5.39. The number of halogens is 2. The van der Waals surface area contributed by atoms with Crippen molar-refractivity contribution in [3.05, 3.63) is 58.9 Å². The average Bonchev–Trinajstić information content (AvgIpc) is 2.28. The fraction of sp³-hybridized carbons (Fsp3) is 0.200. The molecule has 2 aromatic carbocycles. The maximum Gasteiger partial charge on any atom is 0.130 e. The van der Waals surface area contributed by atoms with Crippen LogP contribution in [0.1, 0.15) is 25.3 Å². The van der Waals surface area contributed by atoms with Gasteiger partial charge in [-0.05, 0) is 35.7 Å². The third-order valence-corrected chi connectivity index (χ3v) is 2.95. The zero-order valence-corrected chi connectivity index (χ0v) is 11.0. The predicted molar refractivity (Wildman–Crippen MR) is 72.0 cm³/mol. The lowest BCUT2D eigenvalue weighted by Crippen LogP contribution is -1.90. The SMILES string of the molecule is CC(C)c1ccc(Oc2cccc(F)c2)cc1Cl. The molecule has 94 valence electrons. The van der Waals surface area contributed by atoms with Gasteiger partial charge in [-0.3, -0.25) is 0 Å². The highest BCUT2D eigenvalue weighted by atomic mass is 35.5. The van der Waals surface area contributed by atoms with E-state index in [-0.39, 0.29) is 5.82 Å². The molecule has 1 nitrogen and oxygen atoms in total. The summed E-state index contributed by atoms with van der Waals surface area (Å²) >= 11 is 6.17. The van der Waals surface area contributed by atoms with E-state index < -0.39 is 0 Å². The van der Waals surface area contributed by atoms with Crippen LogP contribution in [0, 0.1) is 5.82 Å². The summed E-state index contributed by atoms with van der Waals surface area (Å²) < 4.78 is 18.6. The fourth-order valence-corrected chi connectivity index (χ4v) is 2.09. The van der Waals surface area contributed by atoms with Crippen LogP contribution < -0.4 is 4.74 Å². The van der Waals surface area contributed by atoms with E-state index in [2.05, 4.69) is 13.8 Å². The van der Waals surface area contributed by atoms with Crippen LogP contribution in [0.2, 0.25) is 5.02 Å². The summed E-state index contributed by atoms with van der Waals surface area (Å²) in [5, 5.41) is 0.666. The van der Waals surface area contributed by atoms with Gasteiger partial charge in [-0.1, -0.05) is 37.6 Å². The lowest BCUT2D eigenvalue weighted by atomic mass is 10.0. The summed E-state index contributed by atoms with van der Waals surface area (Å²) in [6.07, 6.45) is 0. The highest BCUT2D eigenvalue weighted by Crippen LogP contribution is 2.30. The van der Waals surface area contributed by atoms with E-state index in [1.54, 1.807) is 18.2 Å². The molecule has 2 rings (SSSR count). The standard InChI is InChI=1S/C15H14ClFO/c1-10(2)14-7-6-13(9-15(14)16)18-12-5-3-4-11(17)8-12/h3-10H,1-2H3. The number of hydrogen-bond donors (Lipinski definition) is 0. The van der Waals surface area contributed by atoms with E-state index in [1.165, 1.54) is 12.1 Å². The van der Waals surface area contributed by atoms with Crippen LogP contribution in [0.4, 0.5) is 4.39 Å². The molecule has 0 saturated heterocycles. The summed E-state index contributed by atoms with van der Waals surface area (Å²) in [6, 6.07) is 11.5. The van der Waals surface area contributed by atoms with Crippen molar-refractivity contribution in [1.82, 2.24) is 0 Å². The van der Waals surface area contributed by atoms with Gasteiger partial charge in [0, 0.05) is 11.1 Å². The lowest BCUT2D eigenvalue weighted by molar-refractivity contribution is 0.476. The van der Waals surface area contributed by atoms with Crippen LogP contribution in [0.5, 0.6) is 11.5 Å². The molecule has 0 aliphatic heterocycles. The first-order valence-electron chi connectivity index (χ1n) is 5.79. The molecule has 2 aromatic rings. The van der Waals surface area contributed by atoms with Crippen molar-refractivity contribution in [3.8, 4) is 11.5 Å². The minimum Gasteiger partial charge on any atom is -0.457 e. The lowest BCUT2D eigenvalue weighted by Gasteiger charge is -2.11. The summed E-state index contributed by atoms with van der Waals surface area (Å²) in [5.41, 5.74) is 1.07. The Balaban J connectivity index is 2.23. The molecule has 0 aromatic heterocycles. The van der Waals surface area contributed by atoms with E-state index >= 15 is 0 Å². The molecule has 0 fully saturated rings. The summed E-state index contributed by atoms with van der Waals surface area (Å²) in [5.74, 6) is 1.11. The van der Waals surface area contributed by atoms with Crippen molar-refractivity contribution in [1.29, 1.82) is 0 Å². The molecule has 0 amide bonds. The zero-order chi connectivity index (χ0) is 13.1. The van der Waals surface area contributed by atoms with Gasteiger partial charge >= 0.3 is 0 Å². The monoisotopic (exact) mass is 264 g/mol. The molecule has 0 spiro atoms. The van der Waals surface area contributed by atoms with Gasteiger partial charge in [0.2, 0.25) is 0 Å². The van der Waals surface area contributed by atoms with Crippen molar-refractivity contribution in [3.63, 3.8) is 0 Å². The topological polar surface area (TPSA) is 9.23 Å². The molecule has 0 aliphatic rings. The molecule has 0 aliphatic carbocycles. The Bertz CT molecular complexity index is 552. The second-order valence-corrected chi connectivity index (χ2v) is 4.80. The summed E-state index contributed by atoms with van der Waals surface area (Å²) in [4.78, 5) is 0. The quantitative estimate of drug-likeness (QED) is 0.722. The van der Waals surface area contributed by atoms with Crippen molar-refractivity contribution in [2.45, 2.75) is 19.8 Å². The average molecular weight is 265 g/mol. The molecule has 0 unspecified atom stereocenters. The second kappa shape index (κ2) is 5.40.